The highest BCUT2D eigenvalue weighted by molar-refractivity contribution is 5.86. The molecule has 1 aliphatic rings. The molecule has 2 aromatic heterocycles. The lowest BCUT2D eigenvalue weighted by atomic mass is 9.95. The number of fused-ring (bicyclic) bond motifs is 3. The summed E-state index contributed by atoms with van der Waals surface area (Å²) in [4.78, 5) is 4.78. The topological polar surface area (TPSA) is 43.0 Å². The SMILES string of the molecule is O[C@@H](Cn1cnc(-c2ccccc2)c1-c1ccccc1)Cn1c2c(c3ccccc31)CCCC2. The van der Waals surface area contributed by atoms with Gasteiger partial charge < -0.3 is 14.2 Å². The second-order valence-corrected chi connectivity index (χ2v) is 9.24. The fourth-order valence-corrected chi connectivity index (χ4v) is 5.52. The second-order valence-electron chi connectivity index (χ2n) is 9.24. The lowest BCUT2D eigenvalue weighted by Gasteiger charge is -2.20. The molecule has 3 aromatic carbocycles. The Morgan fingerprint density at radius 3 is 2.24 bits per heavy atom. The van der Waals surface area contributed by atoms with Crippen LogP contribution in [0.3, 0.4) is 0 Å². The van der Waals surface area contributed by atoms with E-state index in [1.54, 1.807) is 0 Å². The number of benzene rings is 3. The van der Waals surface area contributed by atoms with Crippen LogP contribution in [0, 0.1) is 0 Å². The number of hydrogen-bond acceptors (Lipinski definition) is 2. The van der Waals surface area contributed by atoms with E-state index in [2.05, 4.69) is 69.8 Å². The van der Waals surface area contributed by atoms with Crippen molar-refractivity contribution in [3.8, 4) is 22.5 Å². The molecule has 4 nitrogen and oxygen atoms in total. The minimum Gasteiger partial charge on any atom is -0.389 e. The molecule has 0 fully saturated rings. The number of nitrogens with zero attached hydrogens (tertiary/aromatic N) is 3. The molecular formula is C30H29N3O. The molecule has 0 radical (unpaired) electrons. The van der Waals surface area contributed by atoms with Crippen LogP contribution in [0.25, 0.3) is 33.4 Å². The first-order valence-electron chi connectivity index (χ1n) is 12.2. The maximum absolute atomic E-state index is 11.3. The van der Waals surface area contributed by atoms with Gasteiger partial charge in [0.25, 0.3) is 0 Å². The van der Waals surface area contributed by atoms with Crippen LogP contribution in [0.1, 0.15) is 24.1 Å². The van der Waals surface area contributed by atoms with Crippen LogP contribution in [0.2, 0.25) is 0 Å². The molecule has 0 aliphatic heterocycles. The minimum absolute atomic E-state index is 0.491. The Labute approximate surface area is 200 Å². The molecule has 2 heterocycles. The summed E-state index contributed by atoms with van der Waals surface area (Å²) in [6.07, 6.45) is 6.05. The normalized spacial score (nSPS) is 14.3. The van der Waals surface area contributed by atoms with E-state index in [-0.39, 0.29) is 0 Å². The maximum Gasteiger partial charge on any atom is 0.0963 e. The van der Waals surface area contributed by atoms with Gasteiger partial charge in [0.05, 0.1) is 36.9 Å². The molecule has 0 unspecified atom stereocenters. The van der Waals surface area contributed by atoms with Crippen LogP contribution in [0.4, 0.5) is 0 Å². The maximum atomic E-state index is 11.3. The molecule has 0 spiro atoms. The van der Waals surface area contributed by atoms with Gasteiger partial charge in [0.1, 0.15) is 0 Å². The average Bonchev–Trinajstić information content (AvgIpc) is 3.45. The van der Waals surface area contributed by atoms with E-state index in [9.17, 15) is 5.11 Å². The van der Waals surface area contributed by atoms with E-state index in [4.69, 9.17) is 4.98 Å². The van der Waals surface area contributed by atoms with E-state index in [0.29, 0.717) is 13.1 Å². The van der Waals surface area contributed by atoms with E-state index in [1.807, 2.05) is 30.6 Å². The van der Waals surface area contributed by atoms with Crippen LogP contribution >= 0.6 is 0 Å². The Hall–Kier alpha value is -3.63. The summed E-state index contributed by atoms with van der Waals surface area (Å²) in [5.74, 6) is 0. The van der Waals surface area contributed by atoms with E-state index >= 15 is 0 Å². The number of imidazole rings is 1. The third-order valence-electron chi connectivity index (χ3n) is 7.02. The van der Waals surface area contributed by atoms with Crippen molar-refractivity contribution in [2.75, 3.05) is 0 Å². The number of aliphatic hydroxyl groups is 1. The van der Waals surface area contributed by atoms with Crippen LogP contribution in [-0.4, -0.2) is 25.3 Å². The van der Waals surface area contributed by atoms with Gasteiger partial charge >= 0.3 is 0 Å². The number of aliphatic hydroxyl groups excluding tert-OH is 1. The predicted molar refractivity (Wildman–Crippen MR) is 138 cm³/mol. The molecule has 0 saturated heterocycles. The van der Waals surface area contributed by atoms with Crippen molar-refractivity contribution in [3.05, 3.63) is 103 Å². The van der Waals surface area contributed by atoms with Crippen LogP contribution in [0.5, 0.6) is 0 Å². The highest BCUT2D eigenvalue weighted by atomic mass is 16.3. The molecule has 1 aliphatic carbocycles. The highest BCUT2D eigenvalue weighted by Gasteiger charge is 2.22. The molecule has 1 atom stereocenters. The zero-order valence-electron chi connectivity index (χ0n) is 19.3. The van der Waals surface area contributed by atoms with Crippen molar-refractivity contribution in [2.45, 2.75) is 44.9 Å². The summed E-state index contributed by atoms with van der Waals surface area (Å²) in [5.41, 5.74) is 8.31. The first-order chi connectivity index (χ1) is 16.8. The summed E-state index contributed by atoms with van der Waals surface area (Å²) in [6.45, 7) is 1.08. The Kier molecular flexibility index (Phi) is 5.52. The second kappa shape index (κ2) is 8.96. The molecule has 0 amide bonds. The van der Waals surface area contributed by atoms with Gasteiger partial charge in [-0.15, -0.1) is 0 Å². The van der Waals surface area contributed by atoms with E-state index in [0.717, 1.165) is 35.4 Å². The lowest BCUT2D eigenvalue weighted by Crippen LogP contribution is -2.24. The van der Waals surface area contributed by atoms with E-state index < -0.39 is 6.10 Å². The van der Waals surface area contributed by atoms with Gasteiger partial charge in [0.2, 0.25) is 0 Å². The quantitative estimate of drug-likeness (QED) is 0.341. The Bertz CT molecular complexity index is 1420. The summed E-state index contributed by atoms with van der Waals surface area (Å²) in [6, 6.07) is 29.3. The number of aryl methyl sites for hydroxylation is 1. The van der Waals surface area contributed by atoms with Gasteiger partial charge in [-0.1, -0.05) is 78.9 Å². The zero-order chi connectivity index (χ0) is 22.9. The number of hydrogen-bond donors (Lipinski definition) is 1. The molecule has 170 valence electrons. The van der Waals surface area contributed by atoms with Crippen LogP contribution in [0.15, 0.2) is 91.3 Å². The average molecular weight is 448 g/mol. The van der Waals surface area contributed by atoms with Gasteiger partial charge in [-0.2, -0.15) is 0 Å². The van der Waals surface area contributed by atoms with Crippen molar-refractivity contribution < 1.29 is 5.11 Å². The third kappa shape index (κ3) is 3.74. The first kappa shape index (κ1) is 20.9. The van der Waals surface area contributed by atoms with Gasteiger partial charge in [-0.3, -0.25) is 0 Å². The largest absolute Gasteiger partial charge is 0.389 e. The molecular weight excluding hydrogens is 418 g/mol. The van der Waals surface area contributed by atoms with Crippen molar-refractivity contribution in [1.29, 1.82) is 0 Å². The first-order valence-corrected chi connectivity index (χ1v) is 12.2. The molecule has 5 aromatic rings. The standard InChI is InChI=1S/C30H29N3O/c34-24(20-33-27-17-9-7-15-25(27)26-16-8-10-18-28(26)33)19-32-21-31-29(22-11-3-1-4-12-22)30(32)23-13-5-2-6-14-23/h1-7,9,11-15,17,21,24,34H,8,10,16,18-20H2/t24-/m0/s1. The molecule has 1 N–H and O–H groups in total. The minimum atomic E-state index is -0.526. The lowest BCUT2D eigenvalue weighted by molar-refractivity contribution is 0.135. The molecule has 4 heteroatoms. The fraction of sp³-hybridized carbons (Fsp3) is 0.233. The Balaban J connectivity index is 1.36. The van der Waals surface area contributed by atoms with Crippen molar-refractivity contribution in [2.24, 2.45) is 0 Å². The van der Waals surface area contributed by atoms with Crippen molar-refractivity contribution in [3.63, 3.8) is 0 Å². The van der Waals surface area contributed by atoms with Gasteiger partial charge in [0.15, 0.2) is 0 Å². The summed E-state index contributed by atoms with van der Waals surface area (Å²) < 4.78 is 4.48. The molecule has 34 heavy (non-hydrogen) atoms. The van der Waals surface area contributed by atoms with Gasteiger partial charge in [-0.25, -0.2) is 4.98 Å². The number of para-hydroxylation sites is 1. The van der Waals surface area contributed by atoms with Crippen LogP contribution in [-0.2, 0) is 25.9 Å². The van der Waals surface area contributed by atoms with Crippen molar-refractivity contribution >= 4 is 10.9 Å². The Morgan fingerprint density at radius 1 is 0.765 bits per heavy atom. The monoisotopic (exact) mass is 447 g/mol. The molecule has 0 bridgehead atoms. The molecule has 0 saturated carbocycles. The predicted octanol–water partition coefficient (Wildman–Crippen LogP) is 6.11. The highest BCUT2D eigenvalue weighted by Crippen LogP contribution is 2.34. The Morgan fingerprint density at radius 2 is 1.44 bits per heavy atom. The van der Waals surface area contributed by atoms with Gasteiger partial charge in [-0.05, 0) is 37.3 Å². The molecule has 6 rings (SSSR count). The zero-order valence-corrected chi connectivity index (χ0v) is 19.3. The summed E-state index contributed by atoms with van der Waals surface area (Å²) in [5, 5.41) is 12.7. The van der Waals surface area contributed by atoms with E-state index in [1.165, 1.54) is 35.0 Å². The van der Waals surface area contributed by atoms with Crippen LogP contribution < -0.4 is 0 Å². The summed E-state index contributed by atoms with van der Waals surface area (Å²) in [7, 11) is 0. The smallest absolute Gasteiger partial charge is 0.0963 e. The third-order valence-corrected chi connectivity index (χ3v) is 7.02. The number of aromatic nitrogens is 3. The fourth-order valence-electron chi connectivity index (χ4n) is 5.52. The van der Waals surface area contributed by atoms with Gasteiger partial charge in [0, 0.05) is 27.7 Å². The summed E-state index contributed by atoms with van der Waals surface area (Å²) >= 11 is 0. The number of rotatable bonds is 6. The van der Waals surface area contributed by atoms with Crippen molar-refractivity contribution in [1.82, 2.24) is 14.1 Å².